The van der Waals surface area contributed by atoms with Crippen LogP contribution in [0, 0.1) is 11.7 Å². The zero-order chi connectivity index (χ0) is 32.5. The van der Waals surface area contributed by atoms with E-state index in [1.165, 1.54) is 28.6 Å². The van der Waals surface area contributed by atoms with Gasteiger partial charge in [0.1, 0.15) is 5.82 Å². The van der Waals surface area contributed by atoms with E-state index < -0.39 is 51.5 Å². The molecule has 5 rings (SSSR count). The summed E-state index contributed by atoms with van der Waals surface area (Å²) < 4.78 is 89.8. The summed E-state index contributed by atoms with van der Waals surface area (Å²) in [6.07, 6.45) is -2.39. The quantitative estimate of drug-likeness (QED) is 0.353. The minimum Gasteiger partial charge on any atom is -0.376 e. The van der Waals surface area contributed by atoms with Gasteiger partial charge in [-0.2, -0.15) is 17.5 Å². The van der Waals surface area contributed by atoms with E-state index in [-0.39, 0.29) is 54.0 Å². The van der Waals surface area contributed by atoms with Gasteiger partial charge < -0.3 is 21.1 Å². The zero-order valence-corrected chi connectivity index (χ0v) is 26.3. The van der Waals surface area contributed by atoms with Crippen LogP contribution in [-0.4, -0.2) is 67.8 Å². The van der Waals surface area contributed by atoms with Crippen LogP contribution in [0.1, 0.15) is 68.6 Å². The van der Waals surface area contributed by atoms with Crippen molar-refractivity contribution in [1.82, 2.24) is 9.62 Å². The summed E-state index contributed by atoms with van der Waals surface area (Å²) in [5, 5.41) is 6.03. The Morgan fingerprint density at radius 3 is 2.49 bits per heavy atom. The molecule has 1 amide bonds. The van der Waals surface area contributed by atoms with Crippen LogP contribution >= 0.6 is 0 Å². The fraction of sp³-hybridized carbons (Fsp3) is 0.594. The lowest BCUT2D eigenvalue weighted by molar-refractivity contribution is -0.138. The molecule has 45 heavy (non-hydrogen) atoms. The molecule has 0 aliphatic carbocycles. The number of hydrogen-bond donors (Lipinski definition) is 3. The number of nitrogens with zero attached hydrogens (tertiary/aromatic N) is 1. The van der Waals surface area contributed by atoms with Gasteiger partial charge in [-0.15, -0.1) is 0 Å². The van der Waals surface area contributed by atoms with Gasteiger partial charge in [0, 0.05) is 36.8 Å². The minimum absolute atomic E-state index is 0.0138. The van der Waals surface area contributed by atoms with E-state index in [0.717, 1.165) is 12.5 Å². The first kappa shape index (κ1) is 33.8. The molecule has 3 heterocycles. The standard InChI is InChI=1S/C32H42F4N4O4S/c1-19-15-22(16-20(2)44-19)29(21-8-10-23(33)11-9-21)30(37)31(41)39-28-7-3-6-27(32(34,35)36)26(28)13-12-25-17-38-24-5-4-14-45(42,43)40(25)18-24/h3,6-11,19-20,22,24-25,29-30,38H,4-5,12-18,37H2,1-2H3,(H,39,41)/t19-,20+,22?,24-,25+,29?,30?/m1/s1. The van der Waals surface area contributed by atoms with Gasteiger partial charge in [-0.1, -0.05) is 18.2 Å². The first-order valence-corrected chi connectivity index (χ1v) is 17.2. The van der Waals surface area contributed by atoms with Crippen molar-refractivity contribution in [1.29, 1.82) is 0 Å². The van der Waals surface area contributed by atoms with Crippen molar-refractivity contribution in [3.05, 3.63) is 65.0 Å². The maximum atomic E-state index is 14.3. The Balaban J connectivity index is 1.41. The first-order valence-electron chi connectivity index (χ1n) is 15.6. The van der Waals surface area contributed by atoms with Crippen LogP contribution in [0.4, 0.5) is 23.2 Å². The molecule has 13 heteroatoms. The fourth-order valence-corrected chi connectivity index (χ4v) is 9.19. The molecule has 3 aliphatic heterocycles. The minimum atomic E-state index is -4.70. The molecule has 3 saturated heterocycles. The number of hydrogen-bond acceptors (Lipinski definition) is 6. The average molecular weight is 655 g/mol. The van der Waals surface area contributed by atoms with Crippen LogP contribution in [0.2, 0.25) is 0 Å². The maximum Gasteiger partial charge on any atom is 0.416 e. The van der Waals surface area contributed by atoms with E-state index in [9.17, 15) is 30.8 Å². The topological polar surface area (TPSA) is 114 Å². The summed E-state index contributed by atoms with van der Waals surface area (Å²) in [5.74, 6) is -1.71. The van der Waals surface area contributed by atoms with Gasteiger partial charge in [0.05, 0.1) is 29.6 Å². The third-order valence-corrected chi connectivity index (χ3v) is 11.4. The molecule has 0 spiro atoms. The predicted molar refractivity (Wildman–Crippen MR) is 164 cm³/mol. The number of alkyl halides is 3. The Labute approximate surface area is 262 Å². The van der Waals surface area contributed by atoms with E-state index in [1.807, 2.05) is 13.8 Å². The molecule has 3 aliphatic rings. The second kappa shape index (κ2) is 13.6. The Morgan fingerprint density at radius 2 is 1.82 bits per heavy atom. The molecular formula is C32H42F4N4O4S. The Bertz CT molecular complexity index is 1450. The number of benzene rings is 2. The van der Waals surface area contributed by atoms with E-state index in [2.05, 4.69) is 10.6 Å². The fourth-order valence-electron chi connectivity index (χ4n) is 7.38. The lowest BCUT2D eigenvalue weighted by atomic mass is 9.74. The van der Waals surface area contributed by atoms with Gasteiger partial charge in [-0.3, -0.25) is 4.79 Å². The lowest BCUT2D eigenvalue weighted by Crippen LogP contribution is -2.57. The largest absolute Gasteiger partial charge is 0.416 e. The number of ether oxygens (including phenoxy) is 1. The maximum absolute atomic E-state index is 14.3. The summed E-state index contributed by atoms with van der Waals surface area (Å²) in [6.45, 7) is 4.50. The highest BCUT2D eigenvalue weighted by molar-refractivity contribution is 7.89. The van der Waals surface area contributed by atoms with Gasteiger partial charge in [-0.05, 0) is 93.7 Å². The SMILES string of the molecule is C[C@@H]1CC(C(c2ccc(F)cc2)C(N)C(=O)Nc2cccc(C(F)(F)F)c2CC[C@H]2CN[C@@H]3CCCS(=O)(=O)N2C3)C[C@H](C)O1. The summed E-state index contributed by atoms with van der Waals surface area (Å²) in [7, 11) is -3.53. The Hall–Kier alpha value is -2.58. The molecule has 8 atom stereocenters. The van der Waals surface area contributed by atoms with Gasteiger partial charge in [0.2, 0.25) is 15.9 Å². The van der Waals surface area contributed by atoms with E-state index >= 15 is 0 Å². The molecule has 0 radical (unpaired) electrons. The summed E-state index contributed by atoms with van der Waals surface area (Å²) in [4.78, 5) is 13.8. The van der Waals surface area contributed by atoms with Crippen molar-refractivity contribution in [2.45, 2.75) is 94.8 Å². The molecule has 248 valence electrons. The molecule has 2 aromatic carbocycles. The van der Waals surface area contributed by atoms with E-state index in [1.54, 1.807) is 12.1 Å². The number of amides is 1. The summed E-state index contributed by atoms with van der Waals surface area (Å²) in [6, 6.07) is 7.76. The molecule has 4 N–H and O–H groups in total. The number of nitrogens with two attached hydrogens (primary N) is 1. The van der Waals surface area contributed by atoms with Crippen LogP contribution in [-0.2, 0) is 32.2 Å². The molecule has 2 bridgehead atoms. The highest BCUT2D eigenvalue weighted by atomic mass is 32.2. The highest BCUT2D eigenvalue weighted by Gasteiger charge is 2.41. The van der Waals surface area contributed by atoms with Crippen LogP contribution in [0.15, 0.2) is 42.5 Å². The van der Waals surface area contributed by atoms with Crippen molar-refractivity contribution in [3.8, 4) is 0 Å². The molecule has 3 fully saturated rings. The van der Waals surface area contributed by atoms with Crippen molar-refractivity contribution in [2.75, 3.05) is 24.2 Å². The van der Waals surface area contributed by atoms with Crippen LogP contribution in [0.5, 0.6) is 0 Å². The predicted octanol–water partition coefficient (Wildman–Crippen LogP) is 4.80. The molecule has 4 unspecified atom stereocenters. The molecular weight excluding hydrogens is 612 g/mol. The van der Waals surface area contributed by atoms with E-state index in [0.29, 0.717) is 37.9 Å². The smallest absolute Gasteiger partial charge is 0.376 e. The molecule has 0 saturated carbocycles. The lowest BCUT2D eigenvalue weighted by Gasteiger charge is -2.39. The average Bonchev–Trinajstić information content (AvgIpc) is 3.08. The number of fused-ring (bicyclic) bond motifs is 2. The Kier molecular flexibility index (Phi) is 10.2. The van der Waals surface area contributed by atoms with Gasteiger partial charge in [-0.25, -0.2) is 12.8 Å². The third-order valence-electron chi connectivity index (χ3n) is 9.42. The monoisotopic (exact) mass is 654 g/mol. The number of carbonyl (C=O) groups excluding carboxylic acids is 1. The third kappa shape index (κ3) is 7.87. The number of nitrogens with one attached hydrogen (secondary N) is 2. The van der Waals surface area contributed by atoms with Crippen LogP contribution < -0.4 is 16.4 Å². The molecule has 8 nitrogen and oxygen atoms in total. The summed E-state index contributed by atoms with van der Waals surface area (Å²) >= 11 is 0. The van der Waals surface area contributed by atoms with Crippen molar-refractivity contribution < 1.29 is 35.5 Å². The second-order valence-corrected chi connectivity index (χ2v) is 14.8. The number of carbonyl (C=O) groups is 1. The Morgan fingerprint density at radius 1 is 1.13 bits per heavy atom. The number of halogens is 4. The number of piperazine rings is 1. The number of rotatable bonds is 8. The van der Waals surface area contributed by atoms with Crippen LogP contribution in [0.25, 0.3) is 0 Å². The van der Waals surface area contributed by atoms with Crippen molar-refractivity contribution in [3.63, 3.8) is 0 Å². The second-order valence-electron chi connectivity index (χ2n) is 12.7. The zero-order valence-electron chi connectivity index (χ0n) is 25.5. The van der Waals surface area contributed by atoms with Crippen molar-refractivity contribution >= 4 is 21.6 Å². The van der Waals surface area contributed by atoms with E-state index in [4.69, 9.17) is 10.5 Å². The first-order chi connectivity index (χ1) is 21.2. The number of anilines is 1. The number of sulfonamides is 1. The van der Waals surface area contributed by atoms with Gasteiger partial charge >= 0.3 is 6.18 Å². The highest BCUT2D eigenvalue weighted by Crippen LogP contribution is 2.40. The normalized spacial score (nSPS) is 29.8. The van der Waals surface area contributed by atoms with Gasteiger partial charge in [0.25, 0.3) is 0 Å². The molecule has 0 aromatic heterocycles. The van der Waals surface area contributed by atoms with Crippen molar-refractivity contribution in [2.24, 2.45) is 11.7 Å². The summed E-state index contributed by atoms with van der Waals surface area (Å²) in [5.41, 5.74) is 6.25. The van der Waals surface area contributed by atoms with Gasteiger partial charge in [0.15, 0.2) is 0 Å². The van der Waals surface area contributed by atoms with Crippen LogP contribution in [0.3, 0.4) is 0 Å². The molecule has 2 aromatic rings.